The van der Waals surface area contributed by atoms with Crippen molar-refractivity contribution in [2.24, 2.45) is 0 Å². The molecule has 0 spiro atoms. The first-order valence-electron chi connectivity index (χ1n) is 6.33. The van der Waals surface area contributed by atoms with Gasteiger partial charge in [0.1, 0.15) is 0 Å². The van der Waals surface area contributed by atoms with E-state index in [1.165, 1.54) is 27.9 Å². The van der Waals surface area contributed by atoms with Crippen LogP contribution in [0.1, 0.15) is 22.3 Å². The summed E-state index contributed by atoms with van der Waals surface area (Å²) in [7, 11) is 0. The van der Waals surface area contributed by atoms with Gasteiger partial charge in [0.05, 0.1) is 0 Å². The van der Waals surface area contributed by atoms with Crippen LogP contribution in [0.5, 0.6) is 0 Å². The van der Waals surface area contributed by atoms with Crippen molar-refractivity contribution in [2.45, 2.75) is 26.9 Å². The first kappa shape index (κ1) is 11.1. The molecule has 0 saturated carbocycles. The third-order valence-corrected chi connectivity index (χ3v) is 3.87. The van der Waals surface area contributed by atoms with Crippen molar-refractivity contribution in [1.82, 2.24) is 0 Å². The Balaban J connectivity index is 1.96. The van der Waals surface area contributed by atoms with E-state index in [4.69, 9.17) is 5.73 Å². The monoisotopic (exact) mass is 238 g/mol. The molecule has 3 rings (SSSR count). The molecule has 2 aromatic carbocycles. The van der Waals surface area contributed by atoms with Crippen molar-refractivity contribution in [3.05, 3.63) is 58.7 Å². The number of nitrogen functional groups attached to an aromatic ring is 1. The molecule has 92 valence electrons. The minimum atomic E-state index is 0.858. The average Bonchev–Trinajstić information content (AvgIpc) is 2.75. The predicted octanol–water partition coefficient (Wildman–Crippen LogP) is 3.41. The molecule has 1 aliphatic heterocycles. The van der Waals surface area contributed by atoms with Crippen LogP contribution in [0.25, 0.3) is 0 Å². The van der Waals surface area contributed by atoms with Gasteiger partial charge < -0.3 is 10.6 Å². The van der Waals surface area contributed by atoms with Crippen LogP contribution in [0.3, 0.4) is 0 Å². The molecule has 1 heterocycles. The molecule has 0 bridgehead atoms. The molecule has 0 aromatic heterocycles. The van der Waals surface area contributed by atoms with E-state index in [0.29, 0.717) is 0 Å². The highest BCUT2D eigenvalue weighted by Gasteiger charge is 2.20. The van der Waals surface area contributed by atoms with Gasteiger partial charge in [-0.3, -0.25) is 0 Å². The maximum atomic E-state index is 5.85. The van der Waals surface area contributed by atoms with Gasteiger partial charge in [-0.1, -0.05) is 18.2 Å². The summed E-state index contributed by atoms with van der Waals surface area (Å²) in [5.74, 6) is 0. The number of aryl methyl sites for hydroxylation is 1. The lowest BCUT2D eigenvalue weighted by Crippen LogP contribution is -2.15. The standard InChI is InChI=1S/C16H18N2/c1-11-4-3-5-16(12(11)2)18-9-13-6-7-15(17)8-14(13)10-18/h3-8H,9-10,17H2,1-2H3. The number of hydrogen-bond acceptors (Lipinski definition) is 2. The van der Waals surface area contributed by atoms with Crippen LogP contribution < -0.4 is 10.6 Å². The van der Waals surface area contributed by atoms with E-state index in [1.54, 1.807) is 0 Å². The highest BCUT2D eigenvalue weighted by Crippen LogP contribution is 2.32. The molecule has 2 nitrogen and oxygen atoms in total. The summed E-state index contributed by atoms with van der Waals surface area (Å²) in [6.07, 6.45) is 0. The predicted molar refractivity (Wildman–Crippen MR) is 76.7 cm³/mol. The Morgan fingerprint density at radius 2 is 1.78 bits per heavy atom. The normalized spacial score (nSPS) is 13.8. The second-order valence-electron chi connectivity index (χ2n) is 5.10. The van der Waals surface area contributed by atoms with Crippen LogP contribution in [0.2, 0.25) is 0 Å². The summed E-state index contributed by atoms with van der Waals surface area (Å²) in [4.78, 5) is 2.42. The second kappa shape index (κ2) is 4.05. The summed E-state index contributed by atoms with van der Waals surface area (Å²) in [5.41, 5.74) is 13.5. The Bertz CT molecular complexity index is 602. The smallest absolute Gasteiger partial charge is 0.0437 e. The number of hydrogen-bond donors (Lipinski definition) is 1. The van der Waals surface area contributed by atoms with E-state index in [0.717, 1.165) is 18.8 Å². The molecule has 2 aromatic rings. The number of nitrogens with two attached hydrogens (primary N) is 1. The van der Waals surface area contributed by atoms with Gasteiger partial charge in [-0.2, -0.15) is 0 Å². The molecule has 0 saturated heterocycles. The molecule has 0 amide bonds. The fraction of sp³-hybridized carbons (Fsp3) is 0.250. The number of rotatable bonds is 1. The van der Waals surface area contributed by atoms with Crippen LogP contribution in [-0.2, 0) is 13.1 Å². The third kappa shape index (κ3) is 1.74. The van der Waals surface area contributed by atoms with Crippen molar-refractivity contribution in [2.75, 3.05) is 10.6 Å². The first-order valence-corrected chi connectivity index (χ1v) is 6.33. The van der Waals surface area contributed by atoms with Crippen LogP contribution >= 0.6 is 0 Å². The number of fused-ring (bicyclic) bond motifs is 1. The van der Waals surface area contributed by atoms with Crippen LogP contribution in [0.4, 0.5) is 11.4 Å². The molecule has 0 fully saturated rings. The summed E-state index contributed by atoms with van der Waals surface area (Å²) >= 11 is 0. The Morgan fingerprint density at radius 3 is 2.61 bits per heavy atom. The van der Waals surface area contributed by atoms with Crippen LogP contribution in [0, 0.1) is 13.8 Å². The SMILES string of the molecule is Cc1cccc(N2Cc3ccc(N)cc3C2)c1C. The molecular formula is C16H18N2. The molecule has 0 atom stereocenters. The fourth-order valence-corrected chi connectivity index (χ4v) is 2.66. The maximum Gasteiger partial charge on any atom is 0.0437 e. The van der Waals surface area contributed by atoms with Gasteiger partial charge in [0.2, 0.25) is 0 Å². The van der Waals surface area contributed by atoms with E-state index < -0.39 is 0 Å². The third-order valence-electron chi connectivity index (χ3n) is 3.87. The van der Waals surface area contributed by atoms with Crippen molar-refractivity contribution in [3.63, 3.8) is 0 Å². The van der Waals surface area contributed by atoms with Gasteiger partial charge in [-0.25, -0.2) is 0 Å². The van der Waals surface area contributed by atoms with E-state index in [-0.39, 0.29) is 0 Å². The first-order chi connectivity index (χ1) is 8.65. The Hall–Kier alpha value is -1.96. The van der Waals surface area contributed by atoms with E-state index in [2.05, 4.69) is 49.1 Å². The minimum absolute atomic E-state index is 0.858. The number of nitrogens with zero attached hydrogens (tertiary/aromatic N) is 1. The number of benzene rings is 2. The molecule has 1 aliphatic rings. The Kier molecular flexibility index (Phi) is 2.51. The molecule has 0 aliphatic carbocycles. The van der Waals surface area contributed by atoms with Gasteiger partial charge in [0.25, 0.3) is 0 Å². The second-order valence-corrected chi connectivity index (χ2v) is 5.10. The van der Waals surface area contributed by atoms with Crippen LogP contribution in [-0.4, -0.2) is 0 Å². The Labute approximate surface area is 108 Å². The number of anilines is 2. The summed E-state index contributed by atoms with van der Waals surface area (Å²) in [6, 6.07) is 12.7. The lowest BCUT2D eigenvalue weighted by molar-refractivity contribution is 0.873. The average molecular weight is 238 g/mol. The lowest BCUT2D eigenvalue weighted by atomic mass is 10.1. The molecular weight excluding hydrogens is 220 g/mol. The molecule has 0 radical (unpaired) electrons. The fourth-order valence-electron chi connectivity index (χ4n) is 2.66. The molecule has 0 unspecified atom stereocenters. The summed E-state index contributed by atoms with van der Waals surface area (Å²) < 4.78 is 0. The van der Waals surface area contributed by atoms with Gasteiger partial charge >= 0.3 is 0 Å². The van der Waals surface area contributed by atoms with Crippen molar-refractivity contribution >= 4 is 11.4 Å². The van der Waals surface area contributed by atoms with Gasteiger partial charge in [0, 0.05) is 24.5 Å². The largest absolute Gasteiger partial charge is 0.399 e. The maximum absolute atomic E-state index is 5.85. The van der Waals surface area contributed by atoms with Crippen molar-refractivity contribution < 1.29 is 0 Å². The highest BCUT2D eigenvalue weighted by molar-refractivity contribution is 5.60. The van der Waals surface area contributed by atoms with E-state index in [9.17, 15) is 0 Å². The van der Waals surface area contributed by atoms with E-state index in [1.807, 2.05) is 6.07 Å². The van der Waals surface area contributed by atoms with Crippen molar-refractivity contribution in [1.29, 1.82) is 0 Å². The van der Waals surface area contributed by atoms with Crippen molar-refractivity contribution in [3.8, 4) is 0 Å². The zero-order valence-electron chi connectivity index (χ0n) is 10.9. The molecule has 18 heavy (non-hydrogen) atoms. The van der Waals surface area contributed by atoms with Gasteiger partial charge in [-0.05, 0) is 54.3 Å². The topological polar surface area (TPSA) is 29.3 Å². The molecule has 2 N–H and O–H groups in total. The summed E-state index contributed by atoms with van der Waals surface area (Å²) in [6.45, 7) is 6.31. The lowest BCUT2D eigenvalue weighted by Gasteiger charge is -2.21. The quantitative estimate of drug-likeness (QED) is 0.771. The summed E-state index contributed by atoms with van der Waals surface area (Å²) in [5, 5.41) is 0. The van der Waals surface area contributed by atoms with Crippen LogP contribution in [0.15, 0.2) is 36.4 Å². The zero-order valence-corrected chi connectivity index (χ0v) is 10.9. The van der Waals surface area contributed by atoms with E-state index >= 15 is 0 Å². The minimum Gasteiger partial charge on any atom is -0.399 e. The van der Waals surface area contributed by atoms with Gasteiger partial charge in [-0.15, -0.1) is 0 Å². The van der Waals surface area contributed by atoms with Gasteiger partial charge in [0.15, 0.2) is 0 Å². The zero-order chi connectivity index (χ0) is 12.7. The highest BCUT2D eigenvalue weighted by atomic mass is 15.1. The Morgan fingerprint density at radius 1 is 1.00 bits per heavy atom. The molecule has 2 heteroatoms.